The lowest BCUT2D eigenvalue weighted by molar-refractivity contribution is -0.148. The van der Waals surface area contributed by atoms with Crippen LogP contribution in [0.15, 0.2) is 6.07 Å². The Bertz CT molecular complexity index is 692. The molecule has 0 unspecified atom stereocenters. The van der Waals surface area contributed by atoms with Gasteiger partial charge in [0.05, 0.1) is 6.42 Å². The summed E-state index contributed by atoms with van der Waals surface area (Å²) in [4.78, 5) is 49.0. The molecule has 0 saturated heterocycles. The maximum Gasteiger partial charge on any atom is 0.321 e. The van der Waals surface area contributed by atoms with Crippen molar-refractivity contribution in [3.8, 4) is 0 Å². The molecule has 1 fully saturated rings. The van der Waals surface area contributed by atoms with E-state index >= 15 is 0 Å². The Morgan fingerprint density at radius 3 is 2.46 bits per heavy atom. The average Bonchev–Trinajstić information content (AvgIpc) is 3.19. The highest BCUT2D eigenvalue weighted by Gasteiger charge is 2.19. The van der Waals surface area contributed by atoms with Crippen molar-refractivity contribution in [1.82, 2.24) is 10.6 Å². The van der Waals surface area contributed by atoms with Crippen molar-refractivity contribution in [2.24, 2.45) is 0 Å². The molecule has 2 N–H and O–H groups in total. The number of hydrogen-bond acceptors (Lipinski definition) is 6. The minimum Gasteiger partial charge on any atom is -0.456 e. The van der Waals surface area contributed by atoms with E-state index in [1.807, 2.05) is 19.9 Å². The molecular formula is C18H24N2O5S. The number of aryl methyl sites for hydroxylation is 2. The molecule has 3 amide bonds. The zero-order chi connectivity index (χ0) is 19.1. The molecule has 142 valence electrons. The van der Waals surface area contributed by atoms with Gasteiger partial charge in [0.25, 0.3) is 5.91 Å². The summed E-state index contributed by atoms with van der Waals surface area (Å²) < 4.78 is 4.82. The number of ketones is 1. The van der Waals surface area contributed by atoms with Crippen LogP contribution in [0.5, 0.6) is 0 Å². The minimum absolute atomic E-state index is 0.0274. The van der Waals surface area contributed by atoms with Crippen molar-refractivity contribution in [3.05, 3.63) is 21.4 Å². The number of esters is 1. The number of urea groups is 1. The van der Waals surface area contributed by atoms with Crippen molar-refractivity contribution >= 4 is 35.0 Å². The molecule has 2 rings (SSSR count). The fourth-order valence-corrected chi connectivity index (χ4v) is 3.87. The van der Waals surface area contributed by atoms with Gasteiger partial charge in [0, 0.05) is 27.8 Å². The second kappa shape index (κ2) is 9.47. The Balaban J connectivity index is 1.64. The van der Waals surface area contributed by atoms with E-state index in [1.165, 1.54) is 11.3 Å². The van der Waals surface area contributed by atoms with Crippen LogP contribution in [0.2, 0.25) is 0 Å². The van der Waals surface area contributed by atoms with Crippen LogP contribution >= 0.6 is 11.3 Å². The van der Waals surface area contributed by atoms with Gasteiger partial charge in [0.1, 0.15) is 0 Å². The summed E-state index contributed by atoms with van der Waals surface area (Å²) in [7, 11) is 0. The summed E-state index contributed by atoms with van der Waals surface area (Å²) in [6.45, 7) is 3.25. The summed E-state index contributed by atoms with van der Waals surface area (Å²) in [5, 5.41) is 4.84. The van der Waals surface area contributed by atoms with Crippen molar-refractivity contribution in [2.75, 3.05) is 6.61 Å². The quantitative estimate of drug-likeness (QED) is 0.559. The summed E-state index contributed by atoms with van der Waals surface area (Å²) in [5.41, 5.74) is 0.627. The van der Waals surface area contributed by atoms with Gasteiger partial charge in [-0.15, -0.1) is 11.3 Å². The molecule has 0 atom stereocenters. The van der Waals surface area contributed by atoms with Crippen LogP contribution in [0.25, 0.3) is 0 Å². The van der Waals surface area contributed by atoms with E-state index in [9.17, 15) is 19.2 Å². The standard InChI is InChI=1S/C18H24N2O5S/c1-11-9-14(12(2)26-11)15(21)7-8-17(23)25-10-16(22)20-18(24)19-13-5-3-4-6-13/h9,13H,3-8,10H2,1-2H3,(H2,19,20,22,24). The van der Waals surface area contributed by atoms with E-state index in [0.717, 1.165) is 35.4 Å². The fraction of sp³-hybridized carbons (Fsp3) is 0.556. The van der Waals surface area contributed by atoms with Crippen LogP contribution in [0.3, 0.4) is 0 Å². The summed E-state index contributed by atoms with van der Waals surface area (Å²) in [5.74, 6) is -1.46. The maximum absolute atomic E-state index is 12.1. The molecule has 1 aromatic rings. The SMILES string of the molecule is Cc1cc(C(=O)CCC(=O)OCC(=O)NC(=O)NC2CCCC2)c(C)s1. The van der Waals surface area contributed by atoms with Crippen molar-refractivity contribution in [1.29, 1.82) is 0 Å². The van der Waals surface area contributed by atoms with Gasteiger partial charge in [0.15, 0.2) is 12.4 Å². The number of ether oxygens (including phenoxy) is 1. The molecule has 8 heteroatoms. The van der Waals surface area contributed by atoms with Gasteiger partial charge in [-0.05, 0) is 32.8 Å². The number of carbonyl (C=O) groups is 4. The van der Waals surface area contributed by atoms with E-state index in [0.29, 0.717) is 5.56 Å². The molecule has 0 spiro atoms. The summed E-state index contributed by atoms with van der Waals surface area (Å²) in [6, 6.07) is 1.33. The maximum atomic E-state index is 12.1. The molecule has 1 saturated carbocycles. The monoisotopic (exact) mass is 380 g/mol. The minimum atomic E-state index is -0.690. The first kappa shape index (κ1) is 20.1. The summed E-state index contributed by atoms with van der Waals surface area (Å²) in [6.07, 6.45) is 3.88. The zero-order valence-electron chi connectivity index (χ0n) is 15.1. The zero-order valence-corrected chi connectivity index (χ0v) is 15.9. The predicted octanol–water partition coefficient (Wildman–Crippen LogP) is 2.64. The molecule has 1 aromatic heterocycles. The largest absolute Gasteiger partial charge is 0.456 e. The topological polar surface area (TPSA) is 102 Å². The number of imide groups is 1. The van der Waals surface area contributed by atoms with Crippen molar-refractivity contribution < 1.29 is 23.9 Å². The number of nitrogens with one attached hydrogen (secondary N) is 2. The normalized spacial score (nSPS) is 14.1. The van der Waals surface area contributed by atoms with E-state index in [1.54, 1.807) is 0 Å². The van der Waals surface area contributed by atoms with E-state index in [-0.39, 0.29) is 24.7 Å². The Labute approximate surface area is 156 Å². The third-order valence-corrected chi connectivity index (χ3v) is 5.17. The Morgan fingerprint density at radius 2 is 1.85 bits per heavy atom. The van der Waals surface area contributed by atoms with Gasteiger partial charge >= 0.3 is 12.0 Å². The van der Waals surface area contributed by atoms with Crippen LogP contribution in [0.4, 0.5) is 4.79 Å². The number of carbonyl (C=O) groups excluding carboxylic acids is 4. The molecule has 1 heterocycles. The average molecular weight is 380 g/mol. The first-order chi connectivity index (χ1) is 12.3. The smallest absolute Gasteiger partial charge is 0.321 e. The molecule has 0 aliphatic heterocycles. The lowest BCUT2D eigenvalue weighted by Crippen LogP contribution is -2.45. The Hall–Kier alpha value is -2.22. The Morgan fingerprint density at radius 1 is 1.15 bits per heavy atom. The van der Waals surface area contributed by atoms with Gasteiger partial charge < -0.3 is 10.1 Å². The molecule has 0 bridgehead atoms. The van der Waals surface area contributed by atoms with Gasteiger partial charge in [-0.2, -0.15) is 0 Å². The lowest BCUT2D eigenvalue weighted by Gasteiger charge is -2.12. The Kier molecular flexibility index (Phi) is 7.32. The molecular weight excluding hydrogens is 356 g/mol. The van der Waals surface area contributed by atoms with E-state index in [4.69, 9.17) is 4.74 Å². The number of hydrogen-bond donors (Lipinski definition) is 2. The highest BCUT2D eigenvalue weighted by molar-refractivity contribution is 7.12. The van der Waals surface area contributed by atoms with E-state index in [2.05, 4.69) is 10.6 Å². The fourth-order valence-electron chi connectivity index (χ4n) is 2.93. The number of thiophene rings is 1. The van der Waals surface area contributed by atoms with Crippen LogP contribution in [-0.4, -0.2) is 36.3 Å². The molecule has 0 aromatic carbocycles. The first-order valence-electron chi connectivity index (χ1n) is 8.71. The number of rotatable bonds is 7. The highest BCUT2D eigenvalue weighted by atomic mass is 32.1. The highest BCUT2D eigenvalue weighted by Crippen LogP contribution is 2.22. The van der Waals surface area contributed by atoms with Crippen molar-refractivity contribution in [3.63, 3.8) is 0 Å². The molecule has 26 heavy (non-hydrogen) atoms. The second-order valence-electron chi connectivity index (χ2n) is 6.41. The molecule has 0 radical (unpaired) electrons. The van der Waals surface area contributed by atoms with Gasteiger partial charge in [-0.3, -0.25) is 19.7 Å². The van der Waals surface area contributed by atoms with Gasteiger partial charge in [0.2, 0.25) is 0 Å². The third kappa shape index (κ3) is 6.25. The van der Waals surface area contributed by atoms with Crippen LogP contribution in [0, 0.1) is 13.8 Å². The van der Waals surface area contributed by atoms with Gasteiger partial charge in [-0.1, -0.05) is 12.8 Å². The molecule has 1 aliphatic rings. The van der Waals surface area contributed by atoms with E-state index < -0.39 is 24.5 Å². The van der Waals surface area contributed by atoms with Crippen LogP contribution in [-0.2, 0) is 14.3 Å². The summed E-state index contributed by atoms with van der Waals surface area (Å²) >= 11 is 1.53. The van der Waals surface area contributed by atoms with Crippen LogP contribution < -0.4 is 10.6 Å². The molecule has 7 nitrogen and oxygen atoms in total. The second-order valence-corrected chi connectivity index (χ2v) is 7.87. The molecule has 1 aliphatic carbocycles. The lowest BCUT2D eigenvalue weighted by atomic mass is 10.1. The van der Waals surface area contributed by atoms with Gasteiger partial charge in [-0.25, -0.2) is 4.79 Å². The number of amides is 3. The first-order valence-corrected chi connectivity index (χ1v) is 9.53. The van der Waals surface area contributed by atoms with Crippen LogP contribution in [0.1, 0.15) is 58.6 Å². The third-order valence-electron chi connectivity index (χ3n) is 4.21. The predicted molar refractivity (Wildman–Crippen MR) is 97.2 cm³/mol. The number of Topliss-reactive ketones (excluding diaryl/α,β-unsaturated/α-hetero) is 1. The van der Waals surface area contributed by atoms with Crippen molar-refractivity contribution in [2.45, 2.75) is 58.4 Å².